The summed E-state index contributed by atoms with van der Waals surface area (Å²) in [6.07, 6.45) is 0. The highest BCUT2D eigenvalue weighted by molar-refractivity contribution is 5.53. The van der Waals surface area contributed by atoms with Crippen LogP contribution >= 0.6 is 0 Å². The number of hydrogen-bond donors (Lipinski definition) is 0. The number of aromatic nitrogens is 4. The molecule has 1 heterocycles. The molecule has 0 aliphatic heterocycles. The van der Waals surface area contributed by atoms with E-state index in [0.717, 1.165) is 4.68 Å². The third kappa shape index (κ3) is 1.07. The lowest BCUT2D eigenvalue weighted by Gasteiger charge is -1.95. The molecule has 0 aliphatic rings. The van der Waals surface area contributed by atoms with Crippen LogP contribution in [0.3, 0.4) is 0 Å². The van der Waals surface area contributed by atoms with Crippen LogP contribution in [0, 0.1) is 0 Å². The lowest BCUT2D eigenvalue weighted by Crippen LogP contribution is -1.93. The molecular weight excluding hydrogens is 152 g/mol. The SMILES string of the molecule is [2H]C([2H])([2H])n1nnnc1-c1ccccc1. The van der Waals surface area contributed by atoms with Gasteiger partial charge in [0, 0.05) is 16.7 Å². The Labute approximate surface area is 74.1 Å². The quantitative estimate of drug-likeness (QED) is 0.626. The standard InChI is InChI=1S/C8H8N4/c1-12-8(9-10-11-12)7-5-3-2-4-6-7/h2-6H,1H3/i1D3. The normalized spacial score (nSPS) is 14.8. The Hall–Kier alpha value is -1.71. The van der Waals surface area contributed by atoms with Gasteiger partial charge in [-0.25, -0.2) is 4.68 Å². The van der Waals surface area contributed by atoms with Crippen LogP contribution in [0.2, 0.25) is 0 Å². The van der Waals surface area contributed by atoms with Crippen LogP contribution < -0.4 is 0 Å². The third-order valence-corrected chi connectivity index (χ3v) is 1.50. The van der Waals surface area contributed by atoms with Crippen molar-refractivity contribution in [2.75, 3.05) is 0 Å². The van der Waals surface area contributed by atoms with Crippen molar-refractivity contribution >= 4 is 0 Å². The van der Waals surface area contributed by atoms with E-state index < -0.39 is 6.98 Å². The number of benzene rings is 1. The summed E-state index contributed by atoms with van der Waals surface area (Å²) in [6.45, 7) is -2.35. The Morgan fingerprint density at radius 3 is 2.92 bits per heavy atom. The molecule has 2 aromatic rings. The molecule has 4 heteroatoms. The molecule has 0 saturated heterocycles. The van der Waals surface area contributed by atoms with Crippen molar-refractivity contribution < 1.29 is 4.11 Å². The topological polar surface area (TPSA) is 43.6 Å². The van der Waals surface area contributed by atoms with Gasteiger partial charge in [0.05, 0.1) is 0 Å². The summed E-state index contributed by atoms with van der Waals surface area (Å²) in [5.74, 6) is 0.246. The van der Waals surface area contributed by atoms with Crippen LogP contribution in [0.1, 0.15) is 4.11 Å². The van der Waals surface area contributed by atoms with Crippen LogP contribution in [0.4, 0.5) is 0 Å². The molecule has 0 amide bonds. The smallest absolute Gasteiger partial charge is 0.181 e. The minimum atomic E-state index is -2.35. The predicted octanol–water partition coefficient (Wildman–Crippen LogP) is 0.877. The van der Waals surface area contributed by atoms with Crippen molar-refractivity contribution in [2.45, 2.75) is 0 Å². The average Bonchev–Trinajstić information content (AvgIpc) is 2.67. The van der Waals surface area contributed by atoms with E-state index in [0.29, 0.717) is 5.56 Å². The van der Waals surface area contributed by atoms with Crippen molar-refractivity contribution in [3.63, 3.8) is 0 Å². The maximum absolute atomic E-state index is 7.23. The fourth-order valence-corrected chi connectivity index (χ4v) is 0.954. The molecule has 0 N–H and O–H groups in total. The molecule has 0 spiro atoms. The van der Waals surface area contributed by atoms with Gasteiger partial charge >= 0.3 is 0 Å². The monoisotopic (exact) mass is 163 g/mol. The molecule has 1 aromatic heterocycles. The van der Waals surface area contributed by atoms with Crippen LogP contribution in [0.15, 0.2) is 30.3 Å². The number of nitrogens with zero attached hydrogens (tertiary/aromatic N) is 4. The molecule has 0 saturated carbocycles. The first kappa shape index (κ1) is 4.35. The van der Waals surface area contributed by atoms with Gasteiger partial charge < -0.3 is 0 Å². The predicted molar refractivity (Wildman–Crippen MR) is 44.2 cm³/mol. The van der Waals surface area contributed by atoms with Gasteiger partial charge in [0.15, 0.2) is 5.82 Å². The van der Waals surface area contributed by atoms with E-state index in [4.69, 9.17) is 4.11 Å². The number of aryl methyl sites for hydroxylation is 1. The Balaban J connectivity index is 2.51. The van der Waals surface area contributed by atoms with E-state index in [9.17, 15) is 0 Å². The fourth-order valence-electron chi connectivity index (χ4n) is 0.954. The fraction of sp³-hybridized carbons (Fsp3) is 0.125. The molecule has 60 valence electrons. The minimum absolute atomic E-state index is 0.246. The van der Waals surface area contributed by atoms with E-state index >= 15 is 0 Å². The highest BCUT2D eigenvalue weighted by Crippen LogP contribution is 2.12. The van der Waals surface area contributed by atoms with Gasteiger partial charge in [0.25, 0.3) is 0 Å². The van der Waals surface area contributed by atoms with Crippen LogP contribution in [-0.2, 0) is 6.98 Å². The summed E-state index contributed by atoms with van der Waals surface area (Å²) in [6, 6.07) is 8.95. The third-order valence-electron chi connectivity index (χ3n) is 1.50. The van der Waals surface area contributed by atoms with Gasteiger partial charge in [-0.15, -0.1) is 5.10 Å². The summed E-state index contributed by atoms with van der Waals surface area (Å²) in [7, 11) is 0. The average molecular weight is 163 g/mol. The lowest BCUT2D eigenvalue weighted by atomic mass is 10.2. The highest BCUT2D eigenvalue weighted by atomic mass is 15.5. The van der Waals surface area contributed by atoms with Crippen molar-refractivity contribution in [3.05, 3.63) is 30.3 Å². The van der Waals surface area contributed by atoms with Crippen LogP contribution in [-0.4, -0.2) is 20.2 Å². The zero-order valence-corrected chi connectivity index (χ0v) is 6.18. The first-order valence-electron chi connectivity index (χ1n) is 4.93. The lowest BCUT2D eigenvalue weighted by molar-refractivity contribution is 0.714. The van der Waals surface area contributed by atoms with Gasteiger partial charge in [-0.3, -0.25) is 0 Å². The first-order valence-corrected chi connectivity index (χ1v) is 3.43. The van der Waals surface area contributed by atoms with E-state index in [2.05, 4.69) is 15.5 Å². The molecule has 0 unspecified atom stereocenters. The highest BCUT2D eigenvalue weighted by Gasteiger charge is 2.02. The second-order valence-electron chi connectivity index (χ2n) is 2.28. The second kappa shape index (κ2) is 2.73. The zero-order valence-electron chi connectivity index (χ0n) is 9.18. The summed E-state index contributed by atoms with van der Waals surface area (Å²) < 4.78 is 22.5. The molecule has 1 aromatic carbocycles. The Kier molecular flexibility index (Phi) is 0.990. The first-order chi connectivity index (χ1) is 7.09. The second-order valence-corrected chi connectivity index (χ2v) is 2.28. The van der Waals surface area contributed by atoms with Gasteiger partial charge in [-0.05, 0) is 10.4 Å². The van der Waals surface area contributed by atoms with E-state index in [1.54, 1.807) is 24.3 Å². The van der Waals surface area contributed by atoms with Crippen molar-refractivity contribution in [2.24, 2.45) is 6.98 Å². The molecule has 2 rings (SSSR count). The van der Waals surface area contributed by atoms with Gasteiger partial charge in [0.1, 0.15) is 0 Å². The molecule has 12 heavy (non-hydrogen) atoms. The summed E-state index contributed by atoms with van der Waals surface area (Å²) in [4.78, 5) is 0. The molecule has 4 nitrogen and oxygen atoms in total. The maximum atomic E-state index is 7.23. The van der Waals surface area contributed by atoms with Gasteiger partial charge in [-0.1, -0.05) is 30.3 Å². The number of rotatable bonds is 1. The van der Waals surface area contributed by atoms with Crippen LogP contribution in [0.25, 0.3) is 11.4 Å². The molecule has 0 bridgehead atoms. The van der Waals surface area contributed by atoms with Crippen molar-refractivity contribution in [3.8, 4) is 11.4 Å². The summed E-state index contributed by atoms with van der Waals surface area (Å²) in [5, 5.41) is 10.5. The van der Waals surface area contributed by atoms with E-state index in [1.165, 1.54) is 0 Å². The van der Waals surface area contributed by atoms with Crippen LogP contribution in [0.5, 0.6) is 0 Å². The Morgan fingerprint density at radius 1 is 1.33 bits per heavy atom. The van der Waals surface area contributed by atoms with Crippen molar-refractivity contribution in [1.82, 2.24) is 20.2 Å². The molecular formula is C8H8N4. The Bertz CT molecular complexity index is 448. The number of tetrazole rings is 1. The largest absolute Gasteiger partial charge is 0.229 e. The molecule has 0 aliphatic carbocycles. The van der Waals surface area contributed by atoms with E-state index in [1.807, 2.05) is 6.07 Å². The molecule has 0 atom stereocenters. The molecule has 0 radical (unpaired) electrons. The zero-order chi connectivity index (χ0) is 10.9. The minimum Gasteiger partial charge on any atom is -0.229 e. The molecule has 0 fully saturated rings. The summed E-state index contributed by atoms with van der Waals surface area (Å²) >= 11 is 0. The van der Waals surface area contributed by atoms with E-state index in [-0.39, 0.29) is 5.82 Å². The van der Waals surface area contributed by atoms with Crippen molar-refractivity contribution in [1.29, 1.82) is 0 Å². The maximum Gasteiger partial charge on any atom is 0.181 e. The van der Waals surface area contributed by atoms with Gasteiger partial charge in [-0.2, -0.15) is 0 Å². The van der Waals surface area contributed by atoms with Gasteiger partial charge in [0.2, 0.25) is 0 Å². The summed E-state index contributed by atoms with van der Waals surface area (Å²) in [5.41, 5.74) is 0.679. The Morgan fingerprint density at radius 2 is 2.17 bits per heavy atom. The number of hydrogen-bond acceptors (Lipinski definition) is 3.